The summed E-state index contributed by atoms with van der Waals surface area (Å²) in [7, 11) is 0. The van der Waals surface area contributed by atoms with Crippen molar-refractivity contribution in [1.29, 1.82) is 0 Å². The molecular formula is C12H23NO4. The molecule has 0 aliphatic carbocycles. The molecule has 5 nitrogen and oxygen atoms in total. The molecule has 1 amide bonds. The Kier molecular flexibility index (Phi) is 4.04. The SMILES string of the molecule is CC(C)(C)OC(=O)N1CC(CO)OCC1(C)C. The number of hydrogen-bond acceptors (Lipinski definition) is 4. The highest BCUT2D eigenvalue weighted by atomic mass is 16.6. The molecule has 0 saturated carbocycles. The van der Waals surface area contributed by atoms with Crippen molar-refractivity contribution in [2.45, 2.75) is 51.9 Å². The third-order valence-corrected chi connectivity index (χ3v) is 2.61. The highest BCUT2D eigenvalue weighted by molar-refractivity contribution is 5.69. The monoisotopic (exact) mass is 245 g/mol. The number of carbonyl (C=O) groups excluding carboxylic acids is 1. The molecule has 0 aromatic rings. The summed E-state index contributed by atoms with van der Waals surface area (Å²) in [5.74, 6) is 0. The average molecular weight is 245 g/mol. The van der Waals surface area contributed by atoms with Gasteiger partial charge in [-0.25, -0.2) is 4.79 Å². The zero-order valence-electron chi connectivity index (χ0n) is 11.3. The van der Waals surface area contributed by atoms with Gasteiger partial charge in [-0.15, -0.1) is 0 Å². The van der Waals surface area contributed by atoms with Gasteiger partial charge in [-0.3, -0.25) is 4.90 Å². The van der Waals surface area contributed by atoms with Gasteiger partial charge in [-0.05, 0) is 34.6 Å². The van der Waals surface area contributed by atoms with Crippen molar-refractivity contribution >= 4 is 6.09 Å². The van der Waals surface area contributed by atoms with Crippen molar-refractivity contribution in [1.82, 2.24) is 4.90 Å². The molecule has 1 unspecified atom stereocenters. The number of rotatable bonds is 1. The van der Waals surface area contributed by atoms with Gasteiger partial charge in [0.2, 0.25) is 0 Å². The minimum absolute atomic E-state index is 0.0879. The van der Waals surface area contributed by atoms with Gasteiger partial charge in [-0.2, -0.15) is 0 Å². The molecule has 0 spiro atoms. The number of hydrogen-bond donors (Lipinski definition) is 1. The van der Waals surface area contributed by atoms with E-state index in [4.69, 9.17) is 14.6 Å². The quantitative estimate of drug-likeness (QED) is 0.758. The second-order valence-electron chi connectivity index (χ2n) is 6.02. The number of morpholine rings is 1. The van der Waals surface area contributed by atoms with Crippen LogP contribution < -0.4 is 0 Å². The smallest absolute Gasteiger partial charge is 0.410 e. The van der Waals surface area contributed by atoms with Crippen LogP contribution in [0.4, 0.5) is 4.79 Å². The number of carbonyl (C=O) groups is 1. The highest BCUT2D eigenvalue weighted by Crippen LogP contribution is 2.24. The average Bonchev–Trinajstić information content (AvgIpc) is 2.14. The third-order valence-electron chi connectivity index (χ3n) is 2.61. The van der Waals surface area contributed by atoms with Gasteiger partial charge < -0.3 is 14.6 Å². The van der Waals surface area contributed by atoms with Crippen LogP contribution in [-0.4, -0.2) is 53.1 Å². The maximum Gasteiger partial charge on any atom is 0.410 e. The summed E-state index contributed by atoms with van der Waals surface area (Å²) in [6.45, 7) is 10.0. The molecule has 0 bridgehead atoms. The second kappa shape index (κ2) is 4.82. The zero-order chi connectivity index (χ0) is 13.3. The largest absolute Gasteiger partial charge is 0.444 e. The third kappa shape index (κ3) is 3.85. The summed E-state index contributed by atoms with van der Waals surface area (Å²) >= 11 is 0. The van der Waals surface area contributed by atoms with Crippen LogP contribution in [0.1, 0.15) is 34.6 Å². The minimum atomic E-state index is -0.514. The fourth-order valence-corrected chi connectivity index (χ4v) is 1.65. The van der Waals surface area contributed by atoms with E-state index in [0.29, 0.717) is 13.2 Å². The predicted molar refractivity (Wildman–Crippen MR) is 63.8 cm³/mol. The topological polar surface area (TPSA) is 59.0 Å². The molecule has 1 N–H and O–H groups in total. The lowest BCUT2D eigenvalue weighted by Crippen LogP contribution is -2.59. The second-order valence-corrected chi connectivity index (χ2v) is 6.02. The van der Waals surface area contributed by atoms with Gasteiger partial charge in [0.1, 0.15) is 5.60 Å². The molecule has 1 fully saturated rings. The van der Waals surface area contributed by atoms with Crippen molar-refractivity contribution in [2.24, 2.45) is 0 Å². The van der Waals surface area contributed by atoms with Crippen molar-refractivity contribution in [3.8, 4) is 0 Å². The lowest BCUT2D eigenvalue weighted by molar-refractivity contribution is -0.111. The Balaban J connectivity index is 2.74. The van der Waals surface area contributed by atoms with Crippen LogP contribution in [0.15, 0.2) is 0 Å². The van der Waals surface area contributed by atoms with E-state index in [9.17, 15) is 4.79 Å². The first-order valence-electron chi connectivity index (χ1n) is 5.89. The number of aliphatic hydroxyl groups is 1. The maximum atomic E-state index is 12.1. The van der Waals surface area contributed by atoms with Crippen LogP contribution in [0.5, 0.6) is 0 Å². The van der Waals surface area contributed by atoms with E-state index >= 15 is 0 Å². The van der Waals surface area contributed by atoms with Crippen molar-refractivity contribution in [2.75, 3.05) is 19.8 Å². The van der Waals surface area contributed by atoms with E-state index in [1.54, 1.807) is 4.90 Å². The maximum absolute atomic E-state index is 12.1. The van der Waals surface area contributed by atoms with E-state index < -0.39 is 11.1 Å². The molecular weight excluding hydrogens is 222 g/mol. The Morgan fingerprint density at radius 1 is 1.53 bits per heavy atom. The fourth-order valence-electron chi connectivity index (χ4n) is 1.65. The summed E-state index contributed by atoms with van der Waals surface area (Å²) in [5, 5.41) is 9.09. The van der Waals surface area contributed by atoms with Crippen molar-refractivity contribution < 1.29 is 19.4 Å². The summed E-state index contributed by atoms with van der Waals surface area (Å²) < 4.78 is 10.8. The van der Waals surface area contributed by atoms with Crippen molar-refractivity contribution in [3.63, 3.8) is 0 Å². The van der Waals surface area contributed by atoms with Crippen molar-refractivity contribution in [3.05, 3.63) is 0 Å². The van der Waals surface area contributed by atoms with Gasteiger partial charge in [0.25, 0.3) is 0 Å². The van der Waals surface area contributed by atoms with Gasteiger partial charge in [0.05, 0.1) is 31.4 Å². The van der Waals surface area contributed by atoms with Gasteiger partial charge >= 0.3 is 6.09 Å². The van der Waals surface area contributed by atoms with Crippen LogP contribution >= 0.6 is 0 Å². The minimum Gasteiger partial charge on any atom is -0.444 e. The van der Waals surface area contributed by atoms with Crippen LogP contribution in [0, 0.1) is 0 Å². The molecule has 1 aliphatic rings. The lowest BCUT2D eigenvalue weighted by Gasteiger charge is -2.44. The molecule has 1 aliphatic heterocycles. The molecule has 1 rings (SSSR count). The van der Waals surface area contributed by atoms with E-state index in [-0.39, 0.29) is 18.8 Å². The number of nitrogens with zero attached hydrogens (tertiary/aromatic N) is 1. The molecule has 100 valence electrons. The molecule has 17 heavy (non-hydrogen) atoms. The van der Waals surface area contributed by atoms with E-state index in [1.807, 2.05) is 34.6 Å². The summed E-state index contributed by atoms with van der Waals surface area (Å²) in [6.07, 6.45) is -0.681. The Labute approximate surface area is 103 Å². The first-order chi connectivity index (χ1) is 7.65. The Hall–Kier alpha value is -0.810. The number of ether oxygens (including phenoxy) is 2. The normalized spacial score (nSPS) is 24.6. The van der Waals surface area contributed by atoms with Crippen LogP contribution in [0.25, 0.3) is 0 Å². The lowest BCUT2D eigenvalue weighted by atomic mass is 10.0. The molecule has 0 radical (unpaired) electrons. The summed E-state index contributed by atoms with van der Waals surface area (Å²) in [4.78, 5) is 13.7. The molecule has 5 heteroatoms. The van der Waals surface area contributed by atoms with Crippen LogP contribution in [0.3, 0.4) is 0 Å². The highest BCUT2D eigenvalue weighted by Gasteiger charge is 2.39. The molecule has 1 atom stereocenters. The van der Waals surface area contributed by atoms with Crippen LogP contribution in [-0.2, 0) is 9.47 Å². The molecule has 0 aromatic carbocycles. The van der Waals surface area contributed by atoms with Gasteiger partial charge in [0.15, 0.2) is 0 Å². The number of amides is 1. The standard InChI is InChI=1S/C12H23NO4/c1-11(2,3)17-10(15)13-6-9(7-14)16-8-12(13,4)5/h9,14H,6-8H2,1-5H3. The molecule has 1 saturated heterocycles. The fraction of sp³-hybridized carbons (Fsp3) is 0.917. The van der Waals surface area contributed by atoms with Gasteiger partial charge in [-0.1, -0.05) is 0 Å². The van der Waals surface area contributed by atoms with E-state index in [1.165, 1.54) is 0 Å². The Morgan fingerprint density at radius 2 is 2.12 bits per heavy atom. The summed E-state index contributed by atoms with van der Waals surface area (Å²) in [6, 6.07) is 0. The first kappa shape index (κ1) is 14.3. The van der Waals surface area contributed by atoms with E-state index in [2.05, 4.69) is 0 Å². The number of aliphatic hydroxyl groups excluding tert-OH is 1. The molecule has 1 heterocycles. The summed E-state index contributed by atoms with van der Waals surface area (Å²) in [5.41, 5.74) is -0.922. The Bertz CT molecular complexity index is 283. The predicted octanol–water partition coefficient (Wildman–Crippen LogP) is 1.39. The molecule has 0 aromatic heterocycles. The van der Waals surface area contributed by atoms with E-state index in [0.717, 1.165) is 0 Å². The first-order valence-corrected chi connectivity index (χ1v) is 5.89. The van der Waals surface area contributed by atoms with Crippen LogP contribution in [0.2, 0.25) is 0 Å². The van der Waals surface area contributed by atoms with Gasteiger partial charge in [0, 0.05) is 0 Å². The Morgan fingerprint density at radius 3 is 2.59 bits per heavy atom. The zero-order valence-corrected chi connectivity index (χ0v) is 11.3.